The lowest BCUT2D eigenvalue weighted by Gasteiger charge is -2.31. The molecule has 1 fully saturated rings. The molecule has 0 spiro atoms. The van der Waals surface area contributed by atoms with Crippen LogP contribution in [-0.2, 0) is 11.2 Å². The van der Waals surface area contributed by atoms with Gasteiger partial charge in [0.05, 0.1) is 6.42 Å². The molecule has 1 heterocycles. The van der Waals surface area contributed by atoms with E-state index >= 15 is 0 Å². The Morgan fingerprint density at radius 1 is 1.39 bits per heavy atom. The van der Waals surface area contributed by atoms with Crippen LogP contribution in [-0.4, -0.2) is 34.9 Å². The summed E-state index contributed by atoms with van der Waals surface area (Å²) in [7, 11) is 0. The van der Waals surface area contributed by atoms with Crippen LogP contribution >= 0.6 is 11.6 Å². The van der Waals surface area contributed by atoms with E-state index in [2.05, 4.69) is 0 Å². The molecule has 0 aromatic heterocycles. The van der Waals surface area contributed by atoms with Crippen molar-refractivity contribution in [3.05, 3.63) is 29.8 Å². The van der Waals surface area contributed by atoms with Crippen LogP contribution in [0.2, 0.25) is 0 Å². The average molecular weight is 268 g/mol. The predicted octanol–water partition coefficient (Wildman–Crippen LogP) is 2.41. The number of nitrogens with zero attached hydrogens (tertiary/aromatic N) is 1. The molecule has 3 nitrogen and oxygen atoms in total. The van der Waals surface area contributed by atoms with Crippen LogP contribution < -0.4 is 0 Å². The van der Waals surface area contributed by atoms with Crippen molar-refractivity contribution in [3.63, 3.8) is 0 Å². The number of phenols is 1. The third-order valence-corrected chi connectivity index (χ3v) is 3.89. The van der Waals surface area contributed by atoms with Crippen LogP contribution in [0.1, 0.15) is 18.4 Å². The van der Waals surface area contributed by atoms with Gasteiger partial charge in [0.1, 0.15) is 5.75 Å². The number of likely N-dealkylation sites (tertiary alicyclic amines) is 1. The lowest BCUT2D eigenvalue weighted by molar-refractivity contribution is -0.131. The minimum absolute atomic E-state index is 0.133. The molecular weight excluding hydrogens is 250 g/mol. The number of piperidine rings is 1. The molecule has 0 bridgehead atoms. The van der Waals surface area contributed by atoms with Gasteiger partial charge in [0.2, 0.25) is 5.91 Å². The van der Waals surface area contributed by atoms with Gasteiger partial charge in [0.25, 0.3) is 0 Å². The Morgan fingerprint density at radius 3 is 2.72 bits per heavy atom. The van der Waals surface area contributed by atoms with Gasteiger partial charge in [0, 0.05) is 19.0 Å². The van der Waals surface area contributed by atoms with E-state index in [1.165, 1.54) is 0 Å². The summed E-state index contributed by atoms with van der Waals surface area (Å²) in [6.07, 6.45) is 2.35. The maximum Gasteiger partial charge on any atom is 0.226 e. The molecule has 4 heteroatoms. The van der Waals surface area contributed by atoms with Crippen LogP contribution in [0.15, 0.2) is 24.3 Å². The summed E-state index contributed by atoms with van der Waals surface area (Å²) in [6.45, 7) is 1.60. The third kappa shape index (κ3) is 3.39. The summed E-state index contributed by atoms with van der Waals surface area (Å²) < 4.78 is 0. The van der Waals surface area contributed by atoms with E-state index in [9.17, 15) is 9.90 Å². The van der Waals surface area contributed by atoms with E-state index < -0.39 is 0 Å². The van der Waals surface area contributed by atoms with Gasteiger partial charge < -0.3 is 10.0 Å². The number of hydrogen-bond acceptors (Lipinski definition) is 2. The number of carbonyl (C=O) groups excluding carboxylic acids is 1. The van der Waals surface area contributed by atoms with Crippen LogP contribution in [0.5, 0.6) is 5.75 Å². The molecule has 0 unspecified atom stereocenters. The normalized spacial score (nSPS) is 16.8. The van der Waals surface area contributed by atoms with E-state index in [-0.39, 0.29) is 11.7 Å². The maximum atomic E-state index is 12.1. The summed E-state index contributed by atoms with van der Waals surface area (Å²) >= 11 is 5.82. The standard InChI is InChI=1S/C14H18ClNO2/c15-10-11-4-6-16(7-5-11)14(18)9-12-2-1-3-13(17)8-12/h1-3,8,11,17H,4-7,9-10H2. The second-order valence-electron chi connectivity index (χ2n) is 4.83. The highest BCUT2D eigenvalue weighted by Gasteiger charge is 2.22. The SMILES string of the molecule is O=C(Cc1cccc(O)c1)N1CCC(CCl)CC1. The summed E-state index contributed by atoms with van der Waals surface area (Å²) in [4.78, 5) is 14.0. The second-order valence-corrected chi connectivity index (χ2v) is 5.13. The molecule has 2 rings (SSSR count). The van der Waals surface area contributed by atoms with Crippen LogP contribution in [0.4, 0.5) is 0 Å². The van der Waals surface area contributed by atoms with E-state index in [0.29, 0.717) is 18.2 Å². The molecule has 98 valence electrons. The van der Waals surface area contributed by atoms with Gasteiger partial charge in [-0.05, 0) is 36.5 Å². The number of carbonyl (C=O) groups is 1. The molecule has 0 atom stereocenters. The Bertz CT molecular complexity index is 414. The van der Waals surface area contributed by atoms with Crippen molar-refractivity contribution in [2.24, 2.45) is 5.92 Å². The fourth-order valence-electron chi connectivity index (χ4n) is 2.29. The van der Waals surface area contributed by atoms with E-state index in [1.54, 1.807) is 18.2 Å². The summed E-state index contributed by atoms with van der Waals surface area (Å²) in [5.41, 5.74) is 0.861. The van der Waals surface area contributed by atoms with Gasteiger partial charge in [-0.1, -0.05) is 12.1 Å². The van der Waals surface area contributed by atoms with E-state index in [1.807, 2.05) is 11.0 Å². The van der Waals surface area contributed by atoms with Crippen molar-refractivity contribution in [1.82, 2.24) is 4.90 Å². The highest BCUT2D eigenvalue weighted by Crippen LogP contribution is 2.19. The lowest BCUT2D eigenvalue weighted by Crippen LogP contribution is -2.39. The van der Waals surface area contributed by atoms with Crippen molar-refractivity contribution in [3.8, 4) is 5.75 Å². The van der Waals surface area contributed by atoms with Crippen molar-refractivity contribution >= 4 is 17.5 Å². The lowest BCUT2D eigenvalue weighted by atomic mass is 9.98. The molecule has 1 aliphatic heterocycles. The van der Waals surface area contributed by atoms with Crippen molar-refractivity contribution in [2.45, 2.75) is 19.3 Å². The number of amides is 1. The largest absolute Gasteiger partial charge is 0.508 e. The average Bonchev–Trinajstić information content (AvgIpc) is 2.39. The van der Waals surface area contributed by atoms with E-state index in [0.717, 1.165) is 31.5 Å². The van der Waals surface area contributed by atoms with Crippen LogP contribution in [0, 0.1) is 5.92 Å². The number of alkyl halides is 1. The number of halogens is 1. The number of rotatable bonds is 3. The Labute approximate surface area is 112 Å². The molecule has 1 aliphatic rings. The summed E-state index contributed by atoms with van der Waals surface area (Å²) in [5.74, 6) is 1.58. The zero-order valence-corrected chi connectivity index (χ0v) is 11.1. The second kappa shape index (κ2) is 6.10. The van der Waals surface area contributed by atoms with Crippen molar-refractivity contribution in [2.75, 3.05) is 19.0 Å². The summed E-state index contributed by atoms with van der Waals surface area (Å²) in [6, 6.07) is 6.88. The van der Waals surface area contributed by atoms with Gasteiger partial charge in [0.15, 0.2) is 0 Å². The molecular formula is C14H18ClNO2. The summed E-state index contributed by atoms with van der Waals surface area (Å²) in [5, 5.41) is 9.36. The van der Waals surface area contributed by atoms with Gasteiger partial charge in [-0.25, -0.2) is 0 Å². The molecule has 0 aliphatic carbocycles. The first-order valence-corrected chi connectivity index (χ1v) is 6.84. The molecule has 18 heavy (non-hydrogen) atoms. The maximum absolute atomic E-state index is 12.1. The number of benzene rings is 1. The first-order chi connectivity index (χ1) is 8.69. The fourth-order valence-corrected chi connectivity index (χ4v) is 2.60. The Balaban J connectivity index is 1.89. The van der Waals surface area contributed by atoms with E-state index in [4.69, 9.17) is 11.6 Å². The van der Waals surface area contributed by atoms with Crippen molar-refractivity contribution < 1.29 is 9.90 Å². The highest BCUT2D eigenvalue weighted by atomic mass is 35.5. The molecule has 1 saturated heterocycles. The van der Waals surface area contributed by atoms with Gasteiger partial charge in [-0.2, -0.15) is 0 Å². The molecule has 0 radical (unpaired) electrons. The van der Waals surface area contributed by atoms with Gasteiger partial charge in [-0.3, -0.25) is 4.79 Å². The highest BCUT2D eigenvalue weighted by molar-refractivity contribution is 6.18. The van der Waals surface area contributed by atoms with Gasteiger partial charge in [-0.15, -0.1) is 11.6 Å². The molecule has 1 amide bonds. The van der Waals surface area contributed by atoms with Crippen LogP contribution in [0.25, 0.3) is 0 Å². The number of aromatic hydroxyl groups is 1. The Hall–Kier alpha value is -1.22. The number of phenolic OH excluding ortho intramolecular Hbond substituents is 1. The molecule has 1 aromatic rings. The Morgan fingerprint density at radius 2 is 2.11 bits per heavy atom. The Kier molecular flexibility index (Phi) is 4.48. The van der Waals surface area contributed by atoms with Crippen LogP contribution in [0.3, 0.4) is 0 Å². The first-order valence-electron chi connectivity index (χ1n) is 6.30. The first kappa shape index (κ1) is 13.2. The topological polar surface area (TPSA) is 40.5 Å². The zero-order valence-electron chi connectivity index (χ0n) is 10.3. The monoisotopic (exact) mass is 267 g/mol. The van der Waals surface area contributed by atoms with Crippen molar-refractivity contribution in [1.29, 1.82) is 0 Å². The minimum atomic E-state index is 0.133. The molecule has 0 saturated carbocycles. The van der Waals surface area contributed by atoms with Gasteiger partial charge >= 0.3 is 0 Å². The smallest absolute Gasteiger partial charge is 0.226 e. The molecule has 1 N–H and O–H groups in total. The fraction of sp³-hybridized carbons (Fsp3) is 0.500. The minimum Gasteiger partial charge on any atom is -0.508 e. The quantitative estimate of drug-likeness (QED) is 0.855. The third-order valence-electron chi connectivity index (χ3n) is 3.45. The predicted molar refractivity (Wildman–Crippen MR) is 71.8 cm³/mol. The number of hydrogen-bond donors (Lipinski definition) is 1. The molecule has 1 aromatic carbocycles. The zero-order chi connectivity index (χ0) is 13.0.